The quantitative estimate of drug-likeness (QED) is 0.843. The van der Waals surface area contributed by atoms with Crippen molar-refractivity contribution in [3.63, 3.8) is 0 Å². The van der Waals surface area contributed by atoms with Crippen LogP contribution in [-0.4, -0.2) is 23.4 Å². The SMILES string of the molecule is [2H]C([2H])(O)C(F)(F)C(=O)c1csc2ccccc12. The van der Waals surface area contributed by atoms with Gasteiger partial charge in [-0.05, 0) is 6.07 Å². The van der Waals surface area contributed by atoms with Gasteiger partial charge < -0.3 is 5.11 Å². The molecule has 0 radical (unpaired) electrons. The molecule has 0 unspecified atom stereocenters. The number of halogens is 2. The zero-order valence-electron chi connectivity index (χ0n) is 9.91. The molecule has 1 N–H and O–H groups in total. The molecule has 84 valence electrons. The number of carbonyl (C=O) groups excluding carboxylic acids is 1. The first-order valence-corrected chi connectivity index (χ1v) is 5.24. The summed E-state index contributed by atoms with van der Waals surface area (Å²) in [5.74, 6) is -6.19. The number of thiophene rings is 1. The fourth-order valence-electron chi connectivity index (χ4n) is 1.37. The Kier molecular flexibility index (Phi) is 2.15. The lowest BCUT2D eigenvalue weighted by molar-refractivity contribution is -0.0258. The van der Waals surface area contributed by atoms with Crippen molar-refractivity contribution in [2.75, 3.05) is 6.56 Å². The number of fused-ring (bicyclic) bond motifs is 1. The van der Waals surface area contributed by atoms with Crippen molar-refractivity contribution in [3.8, 4) is 0 Å². The molecule has 0 saturated heterocycles. The molecule has 0 bridgehead atoms. The van der Waals surface area contributed by atoms with Crippen molar-refractivity contribution >= 4 is 27.2 Å². The molecule has 0 fully saturated rings. The van der Waals surface area contributed by atoms with Crippen LogP contribution in [0.15, 0.2) is 29.6 Å². The number of alkyl halides is 2. The van der Waals surface area contributed by atoms with E-state index in [4.69, 9.17) is 7.85 Å². The molecular weight excluding hydrogens is 234 g/mol. The maximum absolute atomic E-state index is 13.4. The molecule has 5 heteroatoms. The fraction of sp³-hybridized carbons (Fsp3) is 0.182. The molecule has 1 aromatic heterocycles. The normalized spacial score (nSPS) is 14.7. The second-order valence-corrected chi connectivity index (χ2v) is 4.07. The van der Waals surface area contributed by atoms with Gasteiger partial charge in [0.25, 0.3) is 0 Å². The third kappa shape index (κ3) is 1.72. The van der Waals surface area contributed by atoms with Crippen molar-refractivity contribution in [2.24, 2.45) is 0 Å². The summed E-state index contributed by atoms with van der Waals surface area (Å²) in [6.07, 6.45) is 0. The number of rotatable bonds is 3. The molecule has 0 saturated carbocycles. The van der Waals surface area contributed by atoms with Gasteiger partial charge in [-0.1, -0.05) is 18.2 Å². The number of ketones is 1. The van der Waals surface area contributed by atoms with E-state index >= 15 is 0 Å². The van der Waals surface area contributed by atoms with Crippen LogP contribution in [0, 0.1) is 0 Å². The van der Waals surface area contributed by atoms with E-state index in [1.54, 1.807) is 18.2 Å². The average molecular weight is 244 g/mol. The molecule has 0 aliphatic rings. The summed E-state index contributed by atoms with van der Waals surface area (Å²) in [6, 6.07) is 6.47. The minimum atomic E-state index is -4.48. The Balaban J connectivity index is 2.53. The highest BCUT2D eigenvalue weighted by atomic mass is 32.1. The molecule has 1 heterocycles. The Morgan fingerprint density at radius 2 is 2.19 bits per heavy atom. The van der Waals surface area contributed by atoms with Crippen molar-refractivity contribution < 1.29 is 21.4 Å². The second kappa shape index (κ2) is 3.92. The number of benzene rings is 1. The highest BCUT2D eigenvalue weighted by molar-refractivity contribution is 7.17. The highest BCUT2D eigenvalue weighted by Gasteiger charge is 2.39. The van der Waals surface area contributed by atoms with E-state index in [9.17, 15) is 13.6 Å². The Bertz CT molecular complexity index is 604. The van der Waals surface area contributed by atoms with Gasteiger partial charge in [-0.3, -0.25) is 4.79 Å². The molecular formula is C11H8F2O2S. The fourth-order valence-corrected chi connectivity index (χ4v) is 2.31. The predicted octanol–water partition coefficient (Wildman–Crippen LogP) is 2.71. The topological polar surface area (TPSA) is 37.3 Å². The van der Waals surface area contributed by atoms with E-state index in [0.29, 0.717) is 10.1 Å². The van der Waals surface area contributed by atoms with Gasteiger partial charge in [0, 0.05) is 21.0 Å². The van der Waals surface area contributed by atoms with Gasteiger partial charge in [0.1, 0.15) is 6.56 Å². The predicted molar refractivity (Wildman–Crippen MR) is 58.2 cm³/mol. The number of carbonyl (C=O) groups is 1. The smallest absolute Gasteiger partial charge is 0.332 e. The molecule has 16 heavy (non-hydrogen) atoms. The molecule has 2 nitrogen and oxygen atoms in total. The molecule has 2 rings (SSSR count). The van der Waals surface area contributed by atoms with E-state index < -0.39 is 18.3 Å². The Morgan fingerprint density at radius 3 is 2.88 bits per heavy atom. The number of aliphatic hydroxyl groups is 1. The Hall–Kier alpha value is -1.33. The molecule has 1 aromatic carbocycles. The minimum absolute atomic E-state index is 0.279. The second-order valence-electron chi connectivity index (χ2n) is 3.16. The van der Waals surface area contributed by atoms with Gasteiger partial charge in [0.2, 0.25) is 5.78 Å². The molecule has 0 atom stereocenters. The van der Waals surface area contributed by atoms with Gasteiger partial charge in [0.05, 0.1) is 2.74 Å². The van der Waals surface area contributed by atoms with Crippen LogP contribution in [0.2, 0.25) is 0 Å². The molecule has 0 aliphatic carbocycles. The summed E-state index contributed by atoms with van der Waals surface area (Å²) in [7, 11) is 0. The monoisotopic (exact) mass is 244 g/mol. The average Bonchev–Trinajstić information content (AvgIpc) is 2.70. The van der Waals surface area contributed by atoms with Crippen LogP contribution in [0.4, 0.5) is 8.78 Å². The highest BCUT2D eigenvalue weighted by Crippen LogP contribution is 2.30. The zero-order valence-corrected chi connectivity index (χ0v) is 8.72. The van der Waals surface area contributed by atoms with Crippen LogP contribution in [-0.2, 0) is 0 Å². The van der Waals surface area contributed by atoms with Gasteiger partial charge >= 0.3 is 5.92 Å². The van der Waals surface area contributed by atoms with Crippen molar-refractivity contribution in [3.05, 3.63) is 35.2 Å². The Morgan fingerprint density at radius 1 is 1.50 bits per heavy atom. The summed E-state index contributed by atoms with van der Waals surface area (Å²) in [5, 5.41) is 10.3. The maximum atomic E-state index is 13.4. The lowest BCUT2D eigenvalue weighted by atomic mass is 10.1. The van der Waals surface area contributed by atoms with Crippen LogP contribution >= 0.6 is 11.3 Å². The number of hydrogen-bond acceptors (Lipinski definition) is 3. The summed E-state index contributed by atoms with van der Waals surface area (Å²) in [4.78, 5) is 11.6. The standard InChI is InChI=1S/C11H8F2O2S/c12-11(13,6-14)10(15)8-5-16-9-4-2-1-3-7(8)9/h1-5,14H,6H2/i6D2. The van der Waals surface area contributed by atoms with Crippen molar-refractivity contribution in [2.45, 2.75) is 5.92 Å². The van der Waals surface area contributed by atoms with Crippen molar-refractivity contribution in [1.29, 1.82) is 0 Å². The summed E-state index contributed by atoms with van der Waals surface area (Å²) >= 11 is 1.11. The first-order chi connectivity index (χ1) is 8.25. The van der Waals surface area contributed by atoms with E-state index in [2.05, 4.69) is 0 Å². The van der Waals surface area contributed by atoms with Crippen molar-refractivity contribution in [1.82, 2.24) is 0 Å². The Labute approximate surface area is 96.9 Å². The first-order valence-electron chi connectivity index (χ1n) is 5.36. The molecule has 0 amide bonds. The third-order valence-corrected chi connectivity index (χ3v) is 3.11. The lowest BCUT2D eigenvalue weighted by Crippen LogP contribution is -2.32. The minimum Gasteiger partial charge on any atom is -0.390 e. The van der Waals surface area contributed by atoms with E-state index in [1.807, 2.05) is 0 Å². The third-order valence-electron chi connectivity index (χ3n) is 2.15. The lowest BCUT2D eigenvalue weighted by Gasteiger charge is -2.10. The first kappa shape index (κ1) is 8.78. The van der Waals surface area contributed by atoms with Crippen LogP contribution < -0.4 is 0 Å². The van der Waals surface area contributed by atoms with Crippen LogP contribution in [0.25, 0.3) is 10.1 Å². The zero-order chi connectivity index (χ0) is 13.6. The number of hydrogen-bond donors (Lipinski definition) is 1. The van der Waals surface area contributed by atoms with E-state index in [-0.39, 0.29) is 5.56 Å². The van der Waals surface area contributed by atoms with Gasteiger partial charge in [-0.2, -0.15) is 8.78 Å². The summed E-state index contributed by atoms with van der Waals surface area (Å²) in [5.41, 5.74) is -0.279. The molecule has 0 spiro atoms. The van der Waals surface area contributed by atoms with Crippen LogP contribution in [0.5, 0.6) is 0 Å². The van der Waals surface area contributed by atoms with Gasteiger partial charge in [-0.25, -0.2) is 0 Å². The maximum Gasteiger partial charge on any atom is 0.332 e. The number of Topliss-reactive ketones (excluding diaryl/α,β-unsaturated/α-hetero) is 1. The van der Waals surface area contributed by atoms with E-state index in [1.165, 1.54) is 11.4 Å². The summed E-state index contributed by atoms with van der Waals surface area (Å²) < 4.78 is 40.8. The van der Waals surface area contributed by atoms with Crippen LogP contribution in [0.3, 0.4) is 0 Å². The largest absolute Gasteiger partial charge is 0.390 e. The van der Waals surface area contributed by atoms with E-state index in [0.717, 1.165) is 11.3 Å². The van der Waals surface area contributed by atoms with Crippen LogP contribution in [0.1, 0.15) is 13.1 Å². The summed E-state index contributed by atoms with van der Waals surface area (Å²) in [6.45, 7) is -3.88. The molecule has 2 aromatic rings. The van der Waals surface area contributed by atoms with Gasteiger partial charge in [-0.15, -0.1) is 11.3 Å². The molecule has 0 aliphatic heterocycles. The van der Waals surface area contributed by atoms with Gasteiger partial charge in [0.15, 0.2) is 0 Å².